The summed E-state index contributed by atoms with van der Waals surface area (Å²) in [7, 11) is -4.67. The van der Waals surface area contributed by atoms with E-state index in [1.807, 2.05) is 6.07 Å². The van der Waals surface area contributed by atoms with E-state index in [-0.39, 0.29) is 40.6 Å². The minimum absolute atomic E-state index is 0. The first kappa shape index (κ1) is 20.9. The van der Waals surface area contributed by atoms with Crippen LogP contribution in [0, 0.1) is 0 Å². The van der Waals surface area contributed by atoms with E-state index < -0.39 is 10.4 Å². The van der Waals surface area contributed by atoms with Crippen molar-refractivity contribution in [3.05, 3.63) is 30.3 Å². The molecule has 0 unspecified atom stereocenters. The maximum absolute atomic E-state index is 8.74. The van der Waals surface area contributed by atoms with Gasteiger partial charge in [0, 0.05) is 0 Å². The Bertz CT molecular complexity index is 314. The molecule has 0 aliphatic heterocycles. The van der Waals surface area contributed by atoms with E-state index in [9.17, 15) is 0 Å². The predicted octanol–water partition coefficient (Wildman–Crippen LogP) is 1.13. The number of phenols is 1. The van der Waals surface area contributed by atoms with E-state index in [0.717, 1.165) is 0 Å². The summed E-state index contributed by atoms with van der Waals surface area (Å²) in [6.45, 7) is 0. The topological polar surface area (TPSA) is 94.8 Å². The molecule has 15 heavy (non-hydrogen) atoms. The molecule has 86 valence electrons. The molecule has 3 N–H and O–H groups in total. The Balaban J connectivity index is -0.0000000440. The Hall–Kier alpha value is 0.500. The molecular weight excluding hydrogens is 268 g/mol. The van der Waals surface area contributed by atoms with Gasteiger partial charge in [-0.25, -0.2) is 0 Å². The fourth-order valence-corrected chi connectivity index (χ4v) is 0.428. The molecule has 0 radical (unpaired) electrons. The normalized spacial score (nSPS) is 8.27. The summed E-state index contributed by atoms with van der Waals surface area (Å²) in [5, 5.41) is 8.63. The zero-order valence-electron chi connectivity index (χ0n) is 10.1. The van der Waals surface area contributed by atoms with Crippen molar-refractivity contribution in [1.82, 2.24) is 0 Å². The molecule has 0 aliphatic carbocycles. The fraction of sp³-hybridized carbons (Fsp3) is 0.143. The van der Waals surface area contributed by atoms with Crippen molar-refractivity contribution in [1.29, 1.82) is 0 Å². The zero-order valence-corrected chi connectivity index (χ0v) is 12.0. The quantitative estimate of drug-likeness (QED) is 0.325. The van der Waals surface area contributed by atoms with Gasteiger partial charge in [-0.15, -0.1) is 0 Å². The average molecular weight is 282 g/mol. The average Bonchev–Trinajstić information content (AvgIpc) is 2.06. The van der Waals surface area contributed by atoms with Crippen molar-refractivity contribution in [3.63, 3.8) is 0 Å². The van der Waals surface area contributed by atoms with Crippen molar-refractivity contribution in [2.45, 2.75) is 0 Å². The maximum atomic E-state index is 8.74. The Morgan fingerprint density at radius 1 is 1.13 bits per heavy atom. The van der Waals surface area contributed by atoms with Crippen molar-refractivity contribution in [2.75, 3.05) is 6.26 Å². The largest absolute Gasteiger partial charge is 2.00 e. The van der Waals surface area contributed by atoms with Gasteiger partial charge in [0.1, 0.15) is 5.75 Å². The van der Waals surface area contributed by atoms with Gasteiger partial charge in [-0.05, 0) is 18.4 Å². The van der Waals surface area contributed by atoms with Crippen molar-refractivity contribution in [3.8, 4) is 5.75 Å². The predicted molar refractivity (Wildman–Crippen MR) is 65.2 cm³/mol. The fourth-order valence-electron chi connectivity index (χ4n) is 0.428. The van der Waals surface area contributed by atoms with Gasteiger partial charge in [-0.1, -0.05) is 18.2 Å². The summed E-state index contributed by atoms with van der Waals surface area (Å²) >= 11 is 3.53. The van der Waals surface area contributed by atoms with Gasteiger partial charge in [0.2, 0.25) is 0 Å². The third kappa shape index (κ3) is 31.4. The van der Waals surface area contributed by atoms with Gasteiger partial charge in [0.05, 0.1) is 0 Å². The molecule has 0 amide bonds. The summed E-state index contributed by atoms with van der Waals surface area (Å²) in [5.41, 5.74) is 0. The molecule has 1 aromatic carbocycles. The summed E-state index contributed by atoms with van der Waals surface area (Å²) in [6.07, 6.45) is 1.69. The van der Waals surface area contributed by atoms with Crippen LogP contribution in [0.25, 0.3) is 0 Å². The molecule has 0 saturated carbocycles. The third-order valence-corrected chi connectivity index (χ3v) is 0.756. The molecule has 5 nitrogen and oxygen atoms in total. The van der Waals surface area contributed by atoms with Crippen molar-refractivity contribution >= 4 is 60.8 Å². The number of thiol groups is 1. The Morgan fingerprint density at radius 3 is 1.53 bits per heavy atom. The molecule has 0 spiro atoms. The van der Waals surface area contributed by atoms with Crippen LogP contribution in [0.1, 0.15) is 2.85 Å². The van der Waals surface area contributed by atoms with Crippen LogP contribution >= 0.6 is 12.6 Å². The number of benzene rings is 1. The van der Waals surface area contributed by atoms with Gasteiger partial charge in [-0.3, -0.25) is 9.11 Å². The second kappa shape index (κ2) is 12.6. The first-order valence-corrected chi connectivity index (χ1v) is 5.57. The van der Waals surface area contributed by atoms with Gasteiger partial charge in [-0.2, -0.15) is 21.0 Å². The van der Waals surface area contributed by atoms with Crippen LogP contribution in [-0.4, -0.2) is 66.6 Å². The first-order valence-electron chi connectivity index (χ1n) is 3.28. The minimum Gasteiger partial charge on any atom is -1.00 e. The number of para-hydroxylation sites is 1. The molecule has 0 aromatic heterocycles. The first-order chi connectivity index (χ1) is 6.39. The van der Waals surface area contributed by atoms with E-state index in [0.29, 0.717) is 5.75 Å². The second-order valence-corrected chi connectivity index (χ2v) is 2.68. The number of hydrogen-bond donors (Lipinski definition) is 4. The van der Waals surface area contributed by atoms with Crippen molar-refractivity contribution < 1.29 is 25.5 Å². The van der Waals surface area contributed by atoms with E-state index in [4.69, 9.17) is 22.6 Å². The van der Waals surface area contributed by atoms with Crippen LogP contribution in [0.15, 0.2) is 30.3 Å². The van der Waals surface area contributed by atoms with Crippen LogP contribution in [0.4, 0.5) is 0 Å². The molecule has 8 heteroatoms. The van der Waals surface area contributed by atoms with Gasteiger partial charge < -0.3 is 7.96 Å². The number of aromatic hydroxyl groups is 1. The van der Waals surface area contributed by atoms with Crippen molar-refractivity contribution in [2.24, 2.45) is 0 Å². The van der Waals surface area contributed by atoms with E-state index in [2.05, 4.69) is 12.6 Å². The third-order valence-electron chi connectivity index (χ3n) is 0.756. The Labute approximate surface area is 127 Å². The number of hydrogen-bond acceptors (Lipinski definition) is 4. The van der Waals surface area contributed by atoms with Gasteiger partial charge in [0.25, 0.3) is 0 Å². The SMILES string of the molecule is CS.O=S(=O)(O)O.Oc1ccccc1.[Ca+2].[H-].[H-]. The molecule has 0 fully saturated rings. The molecule has 0 bridgehead atoms. The van der Waals surface area contributed by atoms with Crippen LogP contribution in [0.5, 0.6) is 5.75 Å². The van der Waals surface area contributed by atoms with Gasteiger partial charge in [0.15, 0.2) is 0 Å². The van der Waals surface area contributed by atoms with Crippen LogP contribution in [0.3, 0.4) is 0 Å². The summed E-state index contributed by atoms with van der Waals surface area (Å²) in [5.74, 6) is 0.322. The molecule has 0 aliphatic rings. The molecule has 0 heterocycles. The number of phenolic OH excluding ortho intramolecular Hbond substituents is 1. The monoisotopic (exact) mass is 282 g/mol. The molecule has 0 saturated heterocycles. The zero-order chi connectivity index (χ0) is 11.6. The second-order valence-electron chi connectivity index (χ2n) is 1.78. The Kier molecular flexibility index (Phi) is 17.5. The Morgan fingerprint density at radius 2 is 1.40 bits per heavy atom. The molecule has 1 rings (SSSR count). The molecule has 0 atom stereocenters. The van der Waals surface area contributed by atoms with E-state index >= 15 is 0 Å². The van der Waals surface area contributed by atoms with Crippen LogP contribution < -0.4 is 0 Å². The summed E-state index contributed by atoms with van der Waals surface area (Å²) in [4.78, 5) is 0. The number of rotatable bonds is 0. The van der Waals surface area contributed by atoms with Crippen LogP contribution in [-0.2, 0) is 10.4 Å². The smallest absolute Gasteiger partial charge is 1.00 e. The minimum atomic E-state index is -4.67. The molecular formula is C7H14CaO5S2. The summed E-state index contributed by atoms with van der Waals surface area (Å²) in [6, 6.07) is 8.71. The van der Waals surface area contributed by atoms with Crippen LogP contribution in [0.2, 0.25) is 0 Å². The van der Waals surface area contributed by atoms with E-state index in [1.54, 1.807) is 30.5 Å². The summed E-state index contributed by atoms with van der Waals surface area (Å²) < 4.78 is 31.6. The van der Waals surface area contributed by atoms with Gasteiger partial charge >= 0.3 is 48.1 Å². The molecule has 1 aromatic rings. The standard InChI is InChI=1S/C6H6O.CH4S.Ca.H2O4S.2H/c7-6-4-2-1-3-5-6;1-2;;1-5(2,3)4;;/h1-5,7H;2H,1H3;;(H2,1,2,3,4);;/q;;+2;;2*-1. The van der Waals surface area contributed by atoms with E-state index in [1.165, 1.54) is 0 Å². The maximum Gasteiger partial charge on any atom is 2.00 e.